The third kappa shape index (κ3) is 4.87. The van der Waals surface area contributed by atoms with E-state index in [0.29, 0.717) is 12.6 Å². The molecule has 1 aliphatic rings. The van der Waals surface area contributed by atoms with Crippen LogP contribution in [-0.2, 0) is 9.59 Å². The van der Waals surface area contributed by atoms with Gasteiger partial charge in [0.15, 0.2) is 0 Å². The molecule has 1 aliphatic heterocycles. The SMILES string of the molecule is CC1CCCN1C(=O)CNC(=O)/C=C/CN(C)C. The van der Waals surface area contributed by atoms with Crippen LogP contribution in [0.2, 0.25) is 0 Å². The van der Waals surface area contributed by atoms with E-state index < -0.39 is 0 Å². The van der Waals surface area contributed by atoms with Crippen molar-refractivity contribution in [2.24, 2.45) is 0 Å². The fourth-order valence-electron chi connectivity index (χ4n) is 2.00. The summed E-state index contributed by atoms with van der Waals surface area (Å²) in [5.41, 5.74) is 0. The van der Waals surface area contributed by atoms with E-state index in [9.17, 15) is 9.59 Å². The van der Waals surface area contributed by atoms with E-state index in [0.717, 1.165) is 19.4 Å². The van der Waals surface area contributed by atoms with E-state index >= 15 is 0 Å². The van der Waals surface area contributed by atoms with Crippen molar-refractivity contribution in [1.29, 1.82) is 0 Å². The fourth-order valence-corrected chi connectivity index (χ4v) is 2.00. The molecule has 0 aromatic heterocycles. The molecule has 1 saturated heterocycles. The summed E-state index contributed by atoms with van der Waals surface area (Å²) in [6.45, 7) is 3.66. The zero-order valence-electron chi connectivity index (χ0n) is 11.5. The molecular weight excluding hydrogens is 230 g/mol. The molecule has 1 N–H and O–H groups in total. The van der Waals surface area contributed by atoms with Crippen molar-refractivity contribution in [3.8, 4) is 0 Å². The molecule has 18 heavy (non-hydrogen) atoms. The molecule has 0 bridgehead atoms. The van der Waals surface area contributed by atoms with Gasteiger partial charge in [0.05, 0.1) is 6.54 Å². The van der Waals surface area contributed by atoms with E-state index in [-0.39, 0.29) is 18.4 Å². The van der Waals surface area contributed by atoms with Gasteiger partial charge in [0, 0.05) is 25.2 Å². The molecule has 2 amide bonds. The molecule has 1 heterocycles. The minimum Gasteiger partial charge on any atom is -0.343 e. The monoisotopic (exact) mass is 253 g/mol. The summed E-state index contributed by atoms with van der Waals surface area (Å²) in [5, 5.41) is 2.62. The Morgan fingerprint density at radius 2 is 2.17 bits per heavy atom. The van der Waals surface area contributed by atoms with Crippen LogP contribution in [0.4, 0.5) is 0 Å². The first-order chi connectivity index (χ1) is 8.50. The second-order valence-corrected chi connectivity index (χ2v) is 4.96. The maximum atomic E-state index is 11.8. The van der Waals surface area contributed by atoms with Gasteiger partial charge in [0.25, 0.3) is 0 Å². The summed E-state index contributed by atoms with van der Waals surface area (Å²) < 4.78 is 0. The number of rotatable bonds is 5. The second-order valence-electron chi connectivity index (χ2n) is 4.96. The highest BCUT2D eigenvalue weighted by Crippen LogP contribution is 2.15. The van der Waals surface area contributed by atoms with Gasteiger partial charge < -0.3 is 15.1 Å². The first kappa shape index (κ1) is 14.7. The summed E-state index contributed by atoms with van der Waals surface area (Å²) in [5.74, 6) is -0.202. The predicted octanol–water partition coefficient (Wildman–Crippen LogP) is 0.231. The van der Waals surface area contributed by atoms with Crippen LogP contribution in [0.5, 0.6) is 0 Å². The lowest BCUT2D eigenvalue weighted by atomic mass is 10.2. The maximum Gasteiger partial charge on any atom is 0.244 e. The highest BCUT2D eigenvalue weighted by atomic mass is 16.2. The van der Waals surface area contributed by atoms with E-state index in [1.54, 1.807) is 6.08 Å². The van der Waals surface area contributed by atoms with Crippen molar-refractivity contribution in [3.05, 3.63) is 12.2 Å². The Labute approximate surface area is 109 Å². The van der Waals surface area contributed by atoms with Crippen LogP contribution in [0, 0.1) is 0 Å². The van der Waals surface area contributed by atoms with Gasteiger partial charge in [-0.15, -0.1) is 0 Å². The highest BCUT2D eigenvalue weighted by molar-refractivity contribution is 5.91. The van der Waals surface area contributed by atoms with Crippen molar-refractivity contribution < 1.29 is 9.59 Å². The maximum absolute atomic E-state index is 11.8. The predicted molar refractivity (Wildman–Crippen MR) is 71.1 cm³/mol. The molecule has 0 saturated carbocycles. The Bertz CT molecular complexity index is 326. The Balaban J connectivity index is 2.25. The molecule has 1 atom stereocenters. The lowest BCUT2D eigenvalue weighted by Gasteiger charge is -2.21. The molecule has 0 aromatic carbocycles. The normalized spacial score (nSPS) is 19.8. The number of carbonyl (C=O) groups excluding carboxylic acids is 2. The lowest BCUT2D eigenvalue weighted by molar-refractivity contribution is -0.132. The van der Waals surface area contributed by atoms with Crippen LogP contribution < -0.4 is 5.32 Å². The van der Waals surface area contributed by atoms with Crippen LogP contribution in [0.3, 0.4) is 0 Å². The van der Waals surface area contributed by atoms with Gasteiger partial charge >= 0.3 is 0 Å². The van der Waals surface area contributed by atoms with Gasteiger partial charge in [-0.1, -0.05) is 6.08 Å². The Hall–Kier alpha value is -1.36. The van der Waals surface area contributed by atoms with Crippen molar-refractivity contribution in [2.75, 3.05) is 33.7 Å². The van der Waals surface area contributed by atoms with Gasteiger partial charge in [0.2, 0.25) is 11.8 Å². The van der Waals surface area contributed by atoms with E-state index in [2.05, 4.69) is 5.32 Å². The van der Waals surface area contributed by atoms with Crippen LogP contribution >= 0.6 is 0 Å². The molecular formula is C13H23N3O2. The number of nitrogens with one attached hydrogen (secondary N) is 1. The van der Waals surface area contributed by atoms with Gasteiger partial charge in [-0.3, -0.25) is 9.59 Å². The smallest absolute Gasteiger partial charge is 0.244 e. The second kappa shape index (κ2) is 7.16. The summed E-state index contributed by atoms with van der Waals surface area (Å²) in [4.78, 5) is 27.1. The van der Waals surface area contributed by atoms with Crippen LogP contribution in [0.15, 0.2) is 12.2 Å². The van der Waals surface area contributed by atoms with Crippen LogP contribution in [-0.4, -0.2) is 61.4 Å². The van der Waals surface area contributed by atoms with E-state index in [1.807, 2.05) is 30.8 Å². The Kier molecular flexibility index (Phi) is 5.85. The number of carbonyl (C=O) groups is 2. The molecule has 0 spiro atoms. The number of hydrogen-bond acceptors (Lipinski definition) is 3. The van der Waals surface area contributed by atoms with Crippen LogP contribution in [0.25, 0.3) is 0 Å². The van der Waals surface area contributed by atoms with E-state index in [4.69, 9.17) is 0 Å². The number of likely N-dealkylation sites (tertiary alicyclic amines) is 1. The summed E-state index contributed by atoms with van der Waals surface area (Å²) in [6, 6.07) is 0.304. The first-order valence-electron chi connectivity index (χ1n) is 6.39. The topological polar surface area (TPSA) is 52.7 Å². The molecule has 5 heteroatoms. The fraction of sp³-hybridized carbons (Fsp3) is 0.692. The summed E-state index contributed by atoms with van der Waals surface area (Å²) in [6.07, 6.45) is 5.37. The van der Waals surface area contributed by atoms with Gasteiger partial charge in [-0.2, -0.15) is 0 Å². The van der Waals surface area contributed by atoms with Crippen molar-refractivity contribution >= 4 is 11.8 Å². The number of nitrogens with zero attached hydrogens (tertiary/aromatic N) is 2. The number of likely N-dealkylation sites (N-methyl/N-ethyl adjacent to an activating group) is 1. The van der Waals surface area contributed by atoms with Crippen LogP contribution in [0.1, 0.15) is 19.8 Å². The zero-order valence-corrected chi connectivity index (χ0v) is 11.5. The van der Waals surface area contributed by atoms with Gasteiger partial charge in [-0.25, -0.2) is 0 Å². The molecule has 0 aliphatic carbocycles. The lowest BCUT2D eigenvalue weighted by Crippen LogP contribution is -2.41. The molecule has 1 unspecified atom stereocenters. The molecule has 102 valence electrons. The molecule has 0 radical (unpaired) electrons. The quantitative estimate of drug-likeness (QED) is 0.714. The minimum absolute atomic E-state index is 0.00867. The van der Waals surface area contributed by atoms with Crippen molar-refractivity contribution in [1.82, 2.24) is 15.1 Å². The standard InChI is InChI=1S/C13H23N3O2/c1-11-6-4-9-16(11)13(18)10-14-12(17)7-5-8-15(2)3/h5,7,11H,4,6,8-10H2,1-3H3,(H,14,17)/b7-5+. The minimum atomic E-state index is -0.211. The number of hydrogen-bond donors (Lipinski definition) is 1. The summed E-state index contributed by atoms with van der Waals surface area (Å²) >= 11 is 0. The first-order valence-corrected chi connectivity index (χ1v) is 6.39. The zero-order chi connectivity index (χ0) is 13.5. The molecule has 1 rings (SSSR count). The van der Waals surface area contributed by atoms with Gasteiger partial charge in [0.1, 0.15) is 0 Å². The van der Waals surface area contributed by atoms with E-state index in [1.165, 1.54) is 6.08 Å². The largest absolute Gasteiger partial charge is 0.343 e. The Morgan fingerprint density at radius 1 is 1.44 bits per heavy atom. The van der Waals surface area contributed by atoms with Crippen molar-refractivity contribution in [3.63, 3.8) is 0 Å². The average Bonchev–Trinajstić information content (AvgIpc) is 2.72. The summed E-state index contributed by atoms with van der Waals surface area (Å²) in [7, 11) is 3.86. The molecule has 1 fully saturated rings. The Morgan fingerprint density at radius 3 is 2.72 bits per heavy atom. The van der Waals surface area contributed by atoms with Crippen molar-refractivity contribution in [2.45, 2.75) is 25.8 Å². The molecule has 0 aromatic rings. The van der Waals surface area contributed by atoms with Gasteiger partial charge in [-0.05, 0) is 33.9 Å². The highest BCUT2D eigenvalue weighted by Gasteiger charge is 2.24. The average molecular weight is 253 g/mol. The number of amides is 2. The third-order valence-electron chi connectivity index (χ3n) is 3.03. The molecule has 5 nitrogen and oxygen atoms in total. The third-order valence-corrected chi connectivity index (χ3v) is 3.03.